The maximum atomic E-state index is 13.2. The van der Waals surface area contributed by atoms with E-state index in [2.05, 4.69) is 31.3 Å². The van der Waals surface area contributed by atoms with Gasteiger partial charge in [0, 0.05) is 5.56 Å². The Hall–Kier alpha value is -4.42. The van der Waals surface area contributed by atoms with Gasteiger partial charge in [0.2, 0.25) is 5.82 Å². The van der Waals surface area contributed by atoms with Crippen LogP contribution in [-0.4, -0.2) is 26.7 Å². The molecule has 0 fully saturated rings. The second-order valence-electron chi connectivity index (χ2n) is 7.19. The summed E-state index contributed by atoms with van der Waals surface area (Å²) >= 11 is 0. The van der Waals surface area contributed by atoms with E-state index in [1.165, 1.54) is 42.5 Å². The number of rotatable bonds is 4. The molecule has 0 atom stereocenters. The molecular formula is C22H14F6N6O. The Morgan fingerprint density at radius 2 is 1.43 bits per heavy atom. The van der Waals surface area contributed by atoms with Gasteiger partial charge in [0.05, 0.1) is 22.5 Å². The number of para-hydroxylation sites is 1. The summed E-state index contributed by atoms with van der Waals surface area (Å²) < 4.78 is 78.2. The second kappa shape index (κ2) is 9.08. The first-order chi connectivity index (χ1) is 16.5. The quantitative estimate of drug-likeness (QED) is 0.295. The molecule has 0 aliphatic rings. The van der Waals surface area contributed by atoms with Gasteiger partial charge in [-0.05, 0) is 52.7 Å². The van der Waals surface area contributed by atoms with Crippen LogP contribution in [0, 0.1) is 0 Å². The Morgan fingerprint density at radius 3 is 2.06 bits per heavy atom. The lowest BCUT2D eigenvalue weighted by Gasteiger charge is -2.15. The molecule has 0 unspecified atom stereocenters. The Labute approximate surface area is 193 Å². The van der Waals surface area contributed by atoms with E-state index >= 15 is 0 Å². The topological polar surface area (TPSA) is 95.6 Å². The van der Waals surface area contributed by atoms with Gasteiger partial charge in [-0.25, -0.2) is 4.79 Å². The average Bonchev–Trinajstić information content (AvgIpc) is 3.33. The predicted octanol–water partition coefficient (Wildman–Crippen LogP) is 6.22. The van der Waals surface area contributed by atoms with Crippen molar-refractivity contribution in [2.45, 2.75) is 12.4 Å². The van der Waals surface area contributed by atoms with E-state index in [9.17, 15) is 31.1 Å². The monoisotopic (exact) mass is 492 g/mol. The lowest BCUT2D eigenvalue weighted by atomic mass is 10.00. The van der Waals surface area contributed by atoms with E-state index in [1.54, 1.807) is 0 Å². The van der Waals surface area contributed by atoms with Crippen molar-refractivity contribution in [3.8, 4) is 22.5 Å². The Morgan fingerprint density at radius 1 is 0.771 bits per heavy atom. The molecule has 0 radical (unpaired) electrons. The molecule has 13 heteroatoms. The van der Waals surface area contributed by atoms with Gasteiger partial charge >= 0.3 is 18.4 Å². The van der Waals surface area contributed by atoms with Crippen LogP contribution in [0.3, 0.4) is 0 Å². The number of anilines is 2. The third-order valence-corrected chi connectivity index (χ3v) is 4.88. The highest BCUT2D eigenvalue weighted by Crippen LogP contribution is 2.36. The maximum absolute atomic E-state index is 13.2. The van der Waals surface area contributed by atoms with Gasteiger partial charge in [0.1, 0.15) is 0 Å². The Bertz CT molecular complexity index is 1330. The first-order valence-corrected chi connectivity index (χ1v) is 9.82. The molecule has 0 saturated carbocycles. The van der Waals surface area contributed by atoms with E-state index in [0.29, 0.717) is 11.1 Å². The van der Waals surface area contributed by atoms with Crippen LogP contribution in [0.1, 0.15) is 11.1 Å². The molecule has 1 heterocycles. The summed E-state index contributed by atoms with van der Waals surface area (Å²) in [6.45, 7) is 0. The third kappa shape index (κ3) is 5.39. The molecule has 4 aromatic rings. The first-order valence-electron chi connectivity index (χ1n) is 9.82. The molecule has 0 aliphatic carbocycles. The predicted molar refractivity (Wildman–Crippen MR) is 114 cm³/mol. The second-order valence-corrected chi connectivity index (χ2v) is 7.19. The molecule has 2 amide bonds. The maximum Gasteiger partial charge on any atom is 0.418 e. The number of hydrogen-bond acceptors (Lipinski definition) is 4. The van der Waals surface area contributed by atoms with Crippen LogP contribution in [0.15, 0.2) is 66.7 Å². The molecule has 0 aliphatic heterocycles. The zero-order valence-corrected chi connectivity index (χ0v) is 17.4. The van der Waals surface area contributed by atoms with Gasteiger partial charge in [-0.2, -0.15) is 31.6 Å². The normalized spacial score (nSPS) is 11.8. The fraction of sp³-hybridized carbons (Fsp3) is 0.0909. The standard InChI is InChI=1S/C22H14F6N6O/c23-21(24,25)14-8-5-12(6-9-14)13-7-10-17(15(11-13)19-31-33-34-32-19)29-20(35)30-18-4-2-1-3-16(18)22(26,27)28/h1-11H,(H2,29,30,35)(H,31,32,33,34). The van der Waals surface area contributed by atoms with Crippen molar-refractivity contribution >= 4 is 17.4 Å². The highest BCUT2D eigenvalue weighted by atomic mass is 19.4. The lowest BCUT2D eigenvalue weighted by Crippen LogP contribution is -2.22. The summed E-state index contributed by atoms with van der Waals surface area (Å²) in [6, 6.07) is 12.4. The number of halogens is 6. The van der Waals surface area contributed by atoms with E-state index in [1.807, 2.05) is 0 Å². The first kappa shape index (κ1) is 23.7. The van der Waals surface area contributed by atoms with Gasteiger partial charge < -0.3 is 10.6 Å². The smallest absolute Gasteiger partial charge is 0.307 e. The van der Waals surface area contributed by atoms with Crippen LogP contribution in [0.2, 0.25) is 0 Å². The van der Waals surface area contributed by atoms with E-state index < -0.39 is 35.2 Å². The van der Waals surface area contributed by atoms with Crippen molar-refractivity contribution in [1.82, 2.24) is 20.6 Å². The fourth-order valence-electron chi connectivity index (χ4n) is 3.26. The van der Waals surface area contributed by atoms with Crippen molar-refractivity contribution in [1.29, 1.82) is 0 Å². The van der Waals surface area contributed by atoms with Crippen LogP contribution in [0.25, 0.3) is 22.5 Å². The molecule has 180 valence electrons. The number of nitrogens with zero attached hydrogens (tertiary/aromatic N) is 3. The number of carbonyl (C=O) groups is 1. The summed E-state index contributed by atoms with van der Waals surface area (Å²) in [4.78, 5) is 12.5. The Balaban J connectivity index is 1.63. The summed E-state index contributed by atoms with van der Waals surface area (Å²) in [7, 11) is 0. The molecule has 0 saturated heterocycles. The Kier molecular flexibility index (Phi) is 6.16. The van der Waals surface area contributed by atoms with Gasteiger partial charge in [-0.15, -0.1) is 10.2 Å². The number of tetrazole rings is 1. The lowest BCUT2D eigenvalue weighted by molar-refractivity contribution is -0.138. The largest absolute Gasteiger partial charge is 0.418 e. The highest BCUT2D eigenvalue weighted by Gasteiger charge is 2.33. The molecule has 7 nitrogen and oxygen atoms in total. The van der Waals surface area contributed by atoms with Crippen molar-refractivity contribution in [2.75, 3.05) is 10.6 Å². The van der Waals surface area contributed by atoms with Gasteiger partial charge in [-0.1, -0.05) is 30.3 Å². The number of urea groups is 1. The van der Waals surface area contributed by atoms with Crippen molar-refractivity contribution < 1.29 is 31.1 Å². The average molecular weight is 492 g/mol. The van der Waals surface area contributed by atoms with E-state index in [4.69, 9.17) is 0 Å². The van der Waals surface area contributed by atoms with Gasteiger partial charge in [0.25, 0.3) is 0 Å². The summed E-state index contributed by atoms with van der Waals surface area (Å²) in [5.41, 5.74) is -0.996. The molecule has 3 N–H and O–H groups in total. The SMILES string of the molecule is O=C(Nc1ccc(-c2ccc(C(F)(F)F)cc2)cc1-c1nn[nH]n1)Nc1ccccc1C(F)(F)F. The number of hydrogen-bond donors (Lipinski definition) is 3. The third-order valence-electron chi connectivity index (χ3n) is 4.88. The summed E-state index contributed by atoms with van der Waals surface area (Å²) in [5, 5.41) is 18.0. The van der Waals surface area contributed by atoms with Crippen molar-refractivity contribution in [3.05, 3.63) is 77.9 Å². The molecule has 1 aromatic heterocycles. The zero-order valence-electron chi connectivity index (χ0n) is 17.4. The number of H-pyrrole nitrogens is 1. The number of benzene rings is 3. The van der Waals surface area contributed by atoms with Crippen molar-refractivity contribution in [3.63, 3.8) is 0 Å². The molecule has 3 aromatic carbocycles. The minimum atomic E-state index is -4.68. The fourth-order valence-corrected chi connectivity index (χ4v) is 3.26. The minimum Gasteiger partial charge on any atom is -0.307 e. The number of alkyl halides is 6. The molecule has 0 spiro atoms. The number of aromatic amines is 1. The van der Waals surface area contributed by atoms with Crippen molar-refractivity contribution in [2.24, 2.45) is 0 Å². The van der Waals surface area contributed by atoms with Crippen LogP contribution < -0.4 is 10.6 Å². The van der Waals surface area contributed by atoms with E-state index in [0.717, 1.165) is 24.3 Å². The summed E-state index contributed by atoms with van der Waals surface area (Å²) in [5.74, 6) is 0.0461. The number of amides is 2. The highest BCUT2D eigenvalue weighted by molar-refractivity contribution is 6.02. The molecular weight excluding hydrogens is 478 g/mol. The van der Waals surface area contributed by atoms with E-state index in [-0.39, 0.29) is 17.1 Å². The van der Waals surface area contributed by atoms with Gasteiger partial charge in [-0.3, -0.25) is 0 Å². The van der Waals surface area contributed by atoms with Crippen LogP contribution in [0.4, 0.5) is 42.5 Å². The number of carbonyl (C=O) groups excluding carboxylic acids is 1. The van der Waals surface area contributed by atoms with Crippen LogP contribution >= 0.6 is 0 Å². The molecule has 0 bridgehead atoms. The molecule has 4 rings (SSSR count). The number of aromatic nitrogens is 4. The van der Waals surface area contributed by atoms with Crippen LogP contribution in [0.5, 0.6) is 0 Å². The van der Waals surface area contributed by atoms with Gasteiger partial charge in [0.15, 0.2) is 0 Å². The molecule has 35 heavy (non-hydrogen) atoms. The zero-order chi connectivity index (χ0) is 25.2. The number of nitrogens with one attached hydrogen (secondary N) is 3. The van der Waals surface area contributed by atoms with Crippen LogP contribution in [-0.2, 0) is 12.4 Å². The summed E-state index contributed by atoms with van der Waals surface area (Å²) in [6.07, 6.45) is -9.16. The minimum absolute atomic E-state index is 0.0461.